The number of carbonyl (C=O) groups excluding carboxylic acids is 2. The maximum atomic E-state index is 12.8. The number of halogens is 2. The van der Waals surface area contributed by atoms with Gasteiger partial charge in [-0.2, -0.15) is 0 Å². The Morgan fingerprint density at radius 1 is 1.17 bits per heavy atom. The molecule has 7 nitrogen and oxygen atoms in total. The molecule has 0 saturated carbocycles. The highest BCUT2D eigenvalue weighted by Gasteiger charge is 2.31. The van der Waals surface area contributed by atoms with E-state index in [0.717, 1.165) is 22.7 Å². The number of benzene rings is 2. The Morgan fingerprint density at radius 3 is 2.40 bits per heavy atom. The number of carbonyl (C=O) groups is 2. The van der Waals surface area contributed by atoms with Crippen LogP contribution in [0.25, 0.3) is 0 Å². The van der Waals surface area contributed by atoms with Crippen molar-refractivity contribution in [1.82, 2.24) is 0 Å². The molecule has 0 aliphatic carbocycles. The molecule has 3 rings (SSSR count). The summed E-state index contributed by atoms with van der Waals surface area (Å²) in [6, 6.07) is 10.1. The van der Waals surface area contributed by atoms with Crippen molar-refractivity contribution in [2.45, 2.75) is 25.8 Å². The average molecular weight is 470 g/mol. The van der Waals surface area contributed by atoms with E-state index in [2.05, 4.69) is 5.32 Å². The van der Waals surface area contributed by atoms with Gasteiger partial charge in [0.05, 0.1) is 17.0 Å². The minimum atomic E-state index is -3.83. The van der Waals surface area contributed by atoms with Gasteiger partial charge in [-0.15, -0.1) is 0 Å². The van der Waals surface area contributed by atoms with E-state index in [1.165, 1.54) is 25.1 Å². The van der Waals surface area contributed by atoms with Gasteiger partial charge in [0.1, 0.15) is 6.04 Å². The molecule has 0 radical (unpaired) electrons. The second-order valence-electron chi connectivity index (χ2n) is 7.02. The predicted octanol–water partition coefficient (Wildman–Crippen LogP) is 3.91. The standard InChI is InChI=1S/C20H21Cl2N3O4S/c1-13(25(30(2,28)29)18-12-14(21)5-10-17(18)22)20(27)23-15-6-8-16(9-7-15)24-11-3-4-19(24)26/h5-10,12-13H,3-4,11H2,1-2H3,(H,23,27)/t13-/m0/s1. The summed E-state index contributed by atoms with van der Waals surface area (Å²) in [6.07, 6.45) is 2.35. The molecule has 1 saturated heterocycles. The lowest BCUT2D eigenvalue weighted by atomic mass is 10.2. The molecule has 0 unspecified atom stereocenters. The Kier molecular flexibility index (Phi) is 6.59. The van der Waals surface area contributed by atoms with Gasteiger partial charge in [-0.25, -0.2) is 8.42 Å². The molecule has 0 spiro atoms. The fraction of sp³-hybridized carbons (Fsp3) is 0.300. The van der Waals surface area contributed by atoms with Gasteiger partial charge in [0.15, 0.2) is 0 Å². The van der Waals surface area contributed by atoms with Crippen LogP contribution in [0.15, 0.2) is 42.5 Å². The van der Waals surface area contributed by atoms with Crippen molar-refractivity contribution in [1.29, 1.82) is 0 Å². The topological polar surface area (TPSA) is 86.8 Å². The van der Waals surface area contributed by atoms with Crippen LogP contribution in [0.5, 0.6) is 0 Å². The van der Waals surface area contributed by atoms with E-state index in [9.17, 15) is 18.0 Å². The van der Waals surface area contributed by atoms with Gasteiger partial charge in [-0.3, -0.25) is 13.9 Å². The normalized spacial score (nSPS) is 15.2. The van der Waals surface area contributed by atoms with E-state index >= 15 is 0 Å². The first-order valence-corrected chi connectivity index (χ1v) is 11.8. The molecule has 2 aromatic rings. The van der Waals surface area contributed by atoms with E-state index in [-0.39, 0.29) is 16.6 Å². The zero-order valence-electron chi connectivity index (χ0n) is 16.4. The van der Waals surface area contributed by atoms with E-state index in [1.54, 1.807) is 29.2 Å². The lowest BCUT2D eigenvalue weighted by Gasteiger charge is -2.29. The van der Waals surface area contributed by atoms with E-state index in [1.807, 2.05) is 0 Å². The minimum absolute atomic E-state index is 0.0719. The lowest BCUT2D eigenvalue weighted by molar-refractivity contribution is -0.117. The molecule has 1 atom stereocenters. The summed E-state index contributed by atoms with van der Waals surface area (Å²) >= 11 is 12.2. The number of rotatable bonds is 6. The summed E-state index contributed by atoms with van der Waals surface area (Å²) in [5, 5.41) is 3.15. The SMILES string of the molecule is C[C@@H](C(=O)Nc1ccc(N2CCCC2=O)cc1)N(c1cc(Cl)ccc1Cl)S(C)(=O)=O. The molecule has 1 N–H and O–H groups in total. The molecule has 10 heteroatoms. The summed E-state index contributed by atoms with van der Waals surface area (Å²) < 4.78 is 25.8. The molecule has 0 aromatic heterocycles. The largest absolute Gasteiger partial charge is 0.324 e. The zero-order valence-corrected chi connectivity index (χ0v) is 18.8. The molecular formula is C20H21Cl2N3O4S. The van der Waals surface area contributed by atoms with Crippen molar-refractivity contribution in [2.75, 3.05) is 27.3 Å². The molecule has 1 aliphatic heterocycles. The molecular weight excluding hydrogens is 449 g/mol. The van der Waals surface area contributed by atoms with Crippen molar-refractivity contribution in [3.05, 3.63) is 52.5 Å². The highest BCUT2D eigenvalue weighted by molar-refractivity contribution is 7.92. The van der Waals surface area contributed by atoms with Crippen LogP contribution in [0, 0.1) is 0 Å². The maximum absolute atomic E-state index is 12.8. The van der Waals surface area contributed by atoms with Crippen LogP contribution in [0.3, 0.4) is 0 Å². The molecule has 30 heavy (non-hydrogen) atoms. The first-order valence-electron chi connectivity index (χ1n) is 9.23. The third-order valence-corrected chi connectivity index (χ3v) is 6.54. The number of amides is 2. The maximum Gasteiger partial charge on any atom is 0.247 e. The van der Waals surface area contributed by atoms with Crippen molar-refractivity contribution in [2.24, 2.45) is 0 Å². The summed E-state index contributed by atoms with van der Waals surface area (Å²) in [7, 11) is -3.83. The van der Waals surface area contributed by atoms with E-state index < -0.39 is 22.0 Å². The summed E-state index contributed by atoms with van der Waals surface area (Å²) in [6.45, 7) is 2.14. The predicted molar refractivity (Wildman–Crippen MR) is 120 cm³/mol. The Labute approximate surface area is 185 Å². The molecule has 160 valence electrons. The summed E-state index contributed by atoms with van der Waals surface area (Å²) in [4.78, 5) is 26.4. The van der Waals surface area contributed by atoms with Crippen molar-refractivity contribution in [3.63, 3.8) is 0 Å². The number of sulfonamides is 1. The number of nitrogens with one attached hydrogen (secondary N) is 1. The van der Waals surface area contributed by atoms with Gasteiger partial charge < -0.3 is 10.2 Å². The third kappa shape index (κ3) is 4.88. The van der Waals surface area contributed by atoms with Crippen LogP contribution in [0.4, 0.5) is 17.1 Å². The second-order valence-corrected chi connectivity index (χ2v) is 9.72. The van der Waals surface area contributed by atoms with Crippen LogP contribution < -0.4 is 14.5 Å². The van der Waals surface area contributed by atoms with Gasteiger partial charge in [0.25, 0.3) is 0 Å². The second kappa shape index (κ2) is 8.83. The minimum Gasteiger partial charge on any atom is -0.324 e. The lowest BCUT2D eigenvalue weighted by Crippen LogP contribution is -2.45. The smallest absolute Gasteiger partial charge is 0.247 e. The van der Waals surface area contributed by atoms with Crippen LogP contribution in [-0.4, -0.2) is 39.1 Å². The summed E-state index contributed by atoms with van der Waals surface area (Å²) in [5.41, 5.74) is 1.36. The fourth-order valence-electron chi connectivity index (χ4n) is 3.33. The van der Waals surface area contributed by atoms with Crippen molar-refractivity contribution < 1.29 is 18.0 Å². The highest BCUT2D eigenvalue weighted by atomic mass is 35.5. The number of nitrogens with zero attached hydrogens (tertiary/aromatic N) is 2. The van der Waals surface area contributed by atoms with Gasteiger partial charge >= 0.3 is 0 Å². The Bertz CT molecular complexity index is 1070. The fourth-order valence-corrected chi connectivity index (χ4v) is 4.93. The first-order chi connectivity index (χ1) is 14.1. The van der Waals surface area contributed by atoms with Crippen LogP contribution in [-0.2, 0) is 19.6 Å². The highest BCUT2D eigenvalue weighted by Crippen LogP contribution is 2.32. The monoisotopic (exact) mass is 469 g/mol. The van der Waals surface area contributed by atoms with Gasteiger partial charge in [0, 0.05) is 29.4 Å². The van der Waals surface area contributed by atoms with E-state index in [4.69, 9.17) is 23.2 Å². The molecule has 0 bridgehead atoms. The molecule has 1 aliphatic rings. The number of hydrogen-bond acceptors (Lipinski definition) is 4. The van der Waals surface area contributed by atoms with Crippen molar-refractivity contribution >= 4 is 62.1 Å². The Hall–Kier alpha value is -2.29. The molecule has 1 fully saturated rings. The Morgan fingerprint density at radius 2 is 1.83 bits per heavy atom. The average Bonchev–Trinajstić information content (AvgIpc) is 3.10. The van der Waals surface area contributed by atoms with E-state index in [0.29, 0.717) is 23.7 Å². The first kappa shape index (κ1) is 22.4. The number of anilines is 3. The zero-order chi connectivity index (χ0) is 22.1. The van der Waals surface area contributed by atoms with Crippen LogP contribution in [0.2, 0.25) is 10.0 Å². The quantitative estimate of drug-likeness (QED) is 0.694. The Balaban J connectivity index is 1.80. The van der Waals surface area contributed by atoms with Crippen LogP contribution >= 0.6 is 23.2 Å². The van der Waals surface area contributed by atoms with Gasteiger partial charge in [-0.1, -0.05) is 23.2 Å². The third-order valence-electron chi connectivity index (χ3n) is 4.75. The van der Waals surface area contributed by atoms with Gasteiger partial charge in [-0.05, 0) is 55.8 Å². The summed E-state index contributed by atoms with van der Waals surface area (Å²) in [5.74, 6) is -0.468. The molecule has 2 amide bonds. The van der Waals surface area contributed by atoms with Crippen LogP contribution in [0.1, 0.15) is 19.8 Å². The molecule has 1 heterocycles. The number of hydrogen-bond donors (Lipinski definition) is 1. The van der Waals surface area contributed by atoms with Crippen molar-refractivity contribution in [3.8, 4) is 0 Å². The van der Waals surface area contributed by atoms with Gasteiger partial charge in [0.2, 0.25) is 21.8 Å². The molecule has 2 aromatic carbocycles.